The molecular weight excluding hydrogens is 410 g/mol. The van der Waals surface area contributed by atoms with E-state index >= 15 is 0 Å². The monoisotopic (exact) mass is 433 g/mol. The van der Waals surface area contributed by atoms with Crippen molar-refractivity contribution >= 4 is 17.6 Å². The van der Waals surface area contributed by atoms with Gasteiger partial charge in [-0.15, -0.1) is 0 Å². The largest absolute Gasteiger partial charge is 0.497 e. The maximum atomic E-state index is 12.1. The number of amides is 1. The highest BCUT2D eigenvalue weighted by molar-refractivity contribution is 5.91. The number of imidazole rings is 1. The van der Waals surface area contributed by atoms with Gasteiger partial charge in [0.05, 0.1) is 21.3 Å². The number of hydrogen-bond donors (Lipinski definition) is 1. The minimum atomic E-state index is -0.612. The van der Waals surface area contributed by atoms with Crippen LogP contribution in [0.3, 0.4) is 0 Å². The van der Waals surface area contributed by atoms with Crippen molar-refractivity contribution in [1.82, 2.24) is 9.38 Å². The van der Waals surface area contributed by atoms with E-state index in [-0.39, 0.29) is 0 Å². The smallest absolute Gasteiger partial charge is 0.412 e. The fourth-order valence-electron chi connectivity index (χ4n) is 3.30. The highest BCUT2D eigenvalue weighted by atomic mass is 16.5. The van der Waals surface area contributed by atoms with Crippen LogP contribution in [-0.2, 0) is 11.3 Å². The number of methoxy groups -OCH3 is 3. The summed E-state index contributed by atoms with van der Waals surface area (Å²) in [5.41, 5.74) is 2.80. The van der Waals surface area contributed by atoms with Crippen molar-refractivity contribution in [2.45, 2.75) is 6.61 Å². The number of nitrogens with one attached hydrogen (secondary N) is 1. The molecule has 4 aromatic rings. The third kappa shape index (κ3) is 4.29. The molecule has 0 aliphatic carbocycles. The summed E-state index contributed by atoms with van der Waals surface area (Å²) >= 11 is 0. The van der Waals surface area contributed by atoms with E-state index in [1.807, 2.05) is 54.6 Å². The van der Waals surface area contributed by atoms with Crippen LogP contribution >= 0.6 is 0 Å². The molecule has 0 spiro atoms. The molecule has 32 heavy (non-hydrogen) atoms. The van der Waals surface area contributed by atoms with Gasteiger partial charge in [-0.1, -0.05) is 30.3 Å². The van der Waals surface area contributed by atoms with Gasteiger partial charge in [-0.05, 0) is 29.8 Å². The van der Waals surface area contributed by atoms with E-state index in [0.717, 1.165) is 5.56 Å². The lowest BCUT2D eigenvalue weighted by Gasteiger charge is -2.10. The number of ether oxygens (including phenoxy) is 4. The summed E-state index contributed by atoms with van der Waals surface area (Å²) in [7, 11) is 4.46. The Morgan fingerprint density at radius 2 is 1.69 bits per heavy atom. The number of anilines is 1. The van der Waals surface area contributed by atoms with Crippen LogP contribution in [0, 0.1) is 0 Å². The van der Waals surface area contributed by atoms with Gasteiger partial charge in [-0.25, -0.2) is 9.78 Å². The van der Waals surface area contributed by atoms with Crippen LogP contribution in [-0.4, -0.2) is 36.8 Å². The first-order chi connectivity index (χ1) is 15.6. The van der Waals surface area contributed by atoms with Crippen molar-refractivity contribution < 1.29 is 23.7 Å². The van der Waals surface area contributed by atoms with Crippen LogP contribution < -0.4 is 19.5 Å². The Labute approximate surface area is 185 Å². The van der Waals surface area contributed by atoms with Crippen molar-refractivity contribution in [3.63, 3.8) is 0 Å². The molecule has 2 aromatic heterocycles. The number of carbonyl (C=O) groups is 1. The molecule has 8 heteroatoms. The van der Waals surface area contributed by atoms with E-state index < -0.39 is 6.09 Å². The van der Waals surface area contributed by atoms with Gasteiger partial charge in [0, 0.05) is 17.8 Å². The first-order valence-electron chi connectivity index (χ1n) is 9.89. The van der Waals surface area contributed by atoms with Crippen LogP contribution in [0.5, 0.6) is 17.2 Å². The summed E-state index contributed by atoms with van der Waals surface area (Å²) in [4.78, 5) is 16.9. The maximum absolute atomic E-state index is 12.1. The van der Waals surface area contributed by atoms with Gasteiger partial charge >= 0.3 is 6.09 Å². The van der Waals surface area contributed by atoms with Gasteiger partial charge in [-0.3, -0.25) is 9.72 Å². The number of rotatable bonds is 7. The minimum absolute atomic E-state index is 0.384. The summed E-state index contributed by atoms with van der Waals surface area (Å²) in [5.74, 6) is 2.21. The highest BCUT2D eigenvalue weighted by Gasteiger charge is 2.20. The van der Waals surface area contributed by atoms with Crippen LogP contribution in [0.4, 0.5) is 10.6 Å². The molecule has 2 heterocycles. The Balaban J connectivity index is 1.83. The Morgan fingerprint density at radius 1 is 0.969 bits per heavy atom. The van der Waals surface area contributed by atoms with E-state index in [4.69, 9.17) is 23.9 Å². The summed E-state index contributed by atoms with van der Waals surface area (Å²) in [5, 5.41) is 2.76. The SMILES string of the molecule is COC(=O)Nc1c(-c2cc(OC)cc(OC)c2)nc2c(OCc3ccccc3)cccn12. The fourth-order valence-corrected chi connectivity index (χ4v) is 3.30. The summed E-state index contributed by atoms with van der Waals surface area (Å²) in [6.07, 6.45) is 1.18. The topological polar surface area (TPSA) is 83.3 Å². The zero-order chi connectivity index (χ0) is 22.5. The molecule has 164 valence electrons. The third-order valence-electron chi connectivity index (χ3n) is 4.88. The van der Waals surface area contributed by atoms with Crippen LogP contribution in [0.1, 0.15) is 5.56 Å². The van der Waals surface area contributed by atoms with E-state index in [2.05, 4.69) is 5.32 Å². The number of benzene rings is 2. The molecule has 0 bridgehead atoms. The molecular formula is C24H23N3O5. The van der Waals surface area contributed by atoms with Gasteiger partial charge in [0.25, 0.3) is 0 Å². The summed E-state index contributed by atoms with van der Waals surface area (Å²) < 4.78 is 23.4. The van der Waals surface area contributed by atoms with Gasteiger partial charge in [0.1, 0.15) is 29.6 Å². The lowest BCUT2D eigenvalue weighted by molar-refractivity contribution is 0.187. The molecule has 2 aromatic carbocycles. The zero-order valence-electron chi connectivity index (χ0n) is 18.0. The van der Waals surface area contributed by atoms with Gasteiger partial charge < -0.3 is 18.9 Å². The lowest BCUT2D eigenvalue weighted by Crippen LogP contribution is -2.13. The molecule has 0 aliphatic heterocycles. The van der Waals surface area contributed by atoms with E-state index in [1.165, 1.54) is 7.11 Å². The minimum Gasteiger partial charge on any atom is -0.497 e. The molecule has 0 atom stereocenters. The van der Waals surface area contributed by atoms with Gasteiger partial charge in [0.15, 0.2) is 11.4 Å². The van der Waals surface area contributed by atoms with Crippen molar-refractivity contribution in [2.75, 3.05) is 26.6 Å². The van der Waals surface area contributed by atoms with Crippen LogP contribution in [0.2, 0.25) is 0 Å². The number of carbonyl (C=O) groups excluding carboxylic acids is 1. The van der Waals surface area contributed by atoms with Gasteiger partial charge in [-0.2, -0.15) is 0 Å². The molecule has 4 rings (SSSR count). The maximum Gasteiger partial charge on any atom is 0.412 e. The number of hydrogen-bond acceptors (Lipinski definition) is 6. The van der Waals surface area contributed by atoms with Crippen molar-refractivity contribution in [2.24, 2.45) is 0 Å². The second kappa shape index (κ2) is 9.30. The molecule has 0 fully saturated rings. The Morgan fingerprint density at radius 3 is 2.34 bits per heavy atom. The molecule has 0 unspecified atom stereocenters. The average Bonchev–Trinajstić information content (AvgIpc) is 3.21. The second-order valence-electron chi connectivity index (χ2n) is 6.87. The number of pyridine rings is 1. The predicted octanol–water partition coefficient (Wildman–Crippen LogP) is 4.78. The Kier molecular flexibility index (Phi) is 6.12. The highest BCUT2D eigenvalue weighted by Crippen LogP contribution is 2.36. The third-order valence-corrected chi connectivity index (χ3v) is 4.88. The Hall–Kier alpha value is -4.20. The molecule has 0 saturated heterocycles. The average molecular weight is 433 g/mol. The zero-order valence-corrected chi connectivity index (χ0v) is 18.0. The molecule has 8 nitrogen and oxygen atoms in total. The van der Waals surface area contributed by atoms with Crippen molar-refractivity contribution in [3.8, 4) is 28.5 Å². The lowest BCUT2D eigenvalue weighted by atomic mass is 10.1. The standard InChI is InChI=1S/C24H23N3O5/c1-29-18-12-17(13-19(14-18)30-2)21-23(26-24(28)31-3)27-11-7-10-20(22(27)25-21)32-15-16-8-5-4-6-9-16/h4-14H,15H2,1-3H3,(H,26,28). The number of nitrogens with zero attached hydrogens (tertiary/aromatic N) is 2. The van der Waals surface area contributed by atoms with E-state index in [1.54, 1.807) is 30.9 Å². The van der Waals surface area contributed by atoms with Gasteiger partial charge in [0.2, 0.25) is 0 Å². The van der Waals surface area contributed by atoms with Crippen molar-refractivity contribution in [1.29, 1.82) is 0 Å². The molecule has 0 saturated carbocycles. The van der Waals surface area contributed by atoms with Crippen molar-refractivity contribution in [3.05, 3.63) is 72.4 Å². The van der Waals surface area contributed by atoms with Crippen LogP contribution in [0.15, 0.2) is 66.9 Å². The fraction of sp³-hybridized carbons (Fsp3) is 0.167. The number of fused-ring (bicyclic) bond motifs is 1. The quantitative estimate of drug-likeness (QED) is 0.452. The normalized spacial score (nSPS) is 10.6. The summed E-state index contributed by atoms with van der Waals surface area (Å²) in [6, 6.07) is 18.9. The first-order valence-corrected chi connectivity index (χ1v) is 9.89. The van der Waals surface area contributed by atoms with E-state index in [0.29, 0.717) is 46.6 Å². The molecule has 0 radical (unpaired) electrons. The predicted molar refractivity (Wildman–Crippen MR) is 121 cm³/mol. The Bertz CT molecular complexity index is 1220. The second-order valence-corrected chi connectivity index (χ2v) is 6.87. The molecule has 0 aliphatic rings. The van der Waals surface area contributed by atoms with E-state index in [9.17, 15) is 4.79 Å². The summed E-state index contributed by atoms with van der Waals surface area (Å²) in [6.45, 7) is 0.384. The number of aromatic nitrogens is 2. The van der Waals surface area contributed by atoms with Crippen LogP contribution in [0.25, 0.3) is 16.9 Å². The first kappa shape index (κ1) is 21.0. The molecule has 1 amide bonds. The molecule has 1 N–H and O–H groups in total.